The number of nitrogens with zero attached hydrogens (tertiary/aromatic N) is 2. The number of ether oxygens (including phenoxy) is 1. The average Bonchev–Trinajstić information content (AvgIpc) is 2.34. The molecule has 0 saturated heterocycles. The van der Waals surface area contributed by atoms with Gasteiger partial charge in [-0.15, -0.1) is 0 Å². The molecule has 20 heavy (non-hydrogen) atoms. The topological polar surface area (TPSA) is 49.9 Å². The van der Waals surface area contributed by atoms with Gasteiger partial charge in [-0.2, -0.15) is 0 Å². The maximum atomic E-state index is 12.3. The van der Waals surface area contributed by atoms with E-state index in [-0.39, 0.29) is 31.0 Å². The van der Waals surface area contributed by atoms with Crippen LogP contribution in [0.2, 0.25) is 0 Å². The van der Waals surface area contributed by atoms with E-state index in [1.807, 2.05) is 32.6 Å². The van der Waals surface area contributed by atoms with E-state index < -0.39 is 0 Å². The van der Waals surface area contributed by atoms with Crippen LogP contribution >= 0.6 is 0 Å². The molecule has 0 rings (SSSR count). The van der Waals surface area contributed by atoms with Crippen molar-refractivity contribution in [1.82, 2.24) is 9.80 Å². The molecule has 0 spiro atoms. The highest BCUT2D eigenvalue weighted by atomic mass is 16.5. The van der Waals surface area contributed by atoms with Gasteiger partial charge in [0.15, 0.2) is 0 Å². The lowest BCUT2D eigenvalue weighted by molar-refractivity contribution is -0.145. The second kappa shape index (κ2) is 9.53. The molecule has 116 valence electrons. The summed E-state index contributed by atoms with van der Waals surface area (Å²) < 4.78 is 4.94. The number of hydrogen-bond donors (Lipinski definition) is 0. The van der Waals surface area contributed by atoms with Crippen LogP contribution in [0.4, 0.5) is 0 Å². The first kappa shape index (κ1) is 18.6. The maximum Gasteiger partial charge on any atom is 0.320 e. The summed E-state index contributed by atoms with van der Waals surface area (Å²) in [5.74, 6) is -0.287. The Bertz CT molecular complexity index is 340. The van der Waals surface area contributed by atoms with E-state index in [0.29, 0.717) is 19.7 Å². The fourth-order valence-corrected chi connectivity index (χ4v) is 1.77. The first-order valence-corrected chi connectivity index (χ1v) is 7.13. The SMILES string of the molecule is C=C(C)CN(CC)C(=O)CN(CC(=O)OCC)C(C)C. The summed E-state index contributed by atoms with van der Waals surface area (Å²) in [7, 11) is 0. The van der Waals surface area contributed by atoms with Gasteiger partial charge in [-0.3, -0.25) is 14.5 Å². The highest BCUT2D eigenvalue weighted by molar-refractivity contribution is 5.79. The first-order valence-electron chi connectivity index (χ1n) is 7.13. The molecule has 0 saturated carbocycles. The maximum absolute atomic E-state index is 12.3. The van der Waals surface area contributed by atoms with Gasteiger partial charge in [0, 0.05) is 19.1 Å². The van der Waals surface area contributed by atoms with Gasteiger partial charge in [0.05, 0.1) is 19.7 Å². The van der Waals surface area contributed by atoms with E-state index in [9.17, 15) is 9.59 Å². The van der Waals surface area contributed by atoms with Crippen molar-refractivity contribution in [2.45, 2.75) is 40.7 Å². The molecule has 0 aliphatic rings. The normalized spacial score (nSPS) is 10.8. The molecule has 0 aromatic carbocycles. The van der Waals surface area contributed by atoms with Crippen LogP contribution in [0.3, 0.4) is 0 Å². The lowest BCUT2D eigenvalue weighted by Crippen LogP contribution is -2.45. The molecule has 0 aliphatic heterocycles. The third kappa shape index (κ3) is 7.28. The number of carbonyl (C=O) groups is 2. The predicted molar refractivity (Wildman–Crippen MR) is 80.4 cm³/mol. The summed E-state index contributed by atoms with van der Waals surface area (Å²) in [4.78, 5) is 27.4. The Kier molecular flexibility index (Phi) is 8.88. The molecule has 0 heterocycles. The van der Waals surface area contributed by atoms with Gasteiger partial charge in [0.2, 0.25) is 5.91 Å². The van der Waals surface area contributed by atoms with Gasteiger partial charge < -0.3 is 9.64 Å². The number of carbonyl (C=O) groups excluding carboxylic acids is 2. The van der Waals surface area contributed by atoms with Crippen LogP contribution in [0.15, 0.2) is 12.2 Å². The Labute approximate surface area is 122 Å². The summed E-state index contributed by atoms with van der Waals surface area (Å²) >= 11 is 0. The van der Waals surface area contributed by atoms with E-state index in [1.54, 1.807) is 11.8 Å². The summed E-state index contributed by atoms with van der Waals surface area (Å²) in [6.45, 7) is 15.3. The highest BCUT2D eigenvalue weighted by Crippen LogP contribution is 2.03. The Morgan fingerprint density at radius 1 is 1.15 bits per heavy atom. The molecule has 0 radical (unpaired) electrons. The number of esters is 1. The Morgan fingerprint density at radius 2 is 1.75 bits per heavy atom. The summed E-state index contributed by atoms with van der Waals surface area (Å²) in [6.07, 6.45) is 0. The van der Waals surface area contributed by atoms with Gasteiger partial charge in [0.25, 0.3) is 0 Å². The highest BCUT2D eigenvalue weighted by Gasteiger charge is 2.21. The molecule has 5 nitrogen and oxygen atoms in total. The molecule has 0 unspecified atom stereocenters. The number of amides is 1. The first-order chi connectivity index (χ1) is 9.31. The van der Waals surface area contributed by atoms with E-state index in [2.05, 4.69) is 6.58 Å². The zero-order chi connectivity index (χ0) is 15.7. The van der Waals surface area contributed by atoms with Gasteiger partial charge in [-0.25, -0.2) is 0 Å². The molecule has 0 aliphatic carbocycles. The van der Waals surface area contributed by atoms with Crippen molar-refractivity contribution < 1.29 is 14.3 Å². The summed E-state index contributed by atoms with van der Waals surface area (Å²) in [6, 6.07) is 0.104. The van der Waals surface area contributed by atoms with Crippen LogP contribution in [0.5, 0.6) is 0 Å². The van der Waals surface area contributed by atoms with Crippen molar-refractivity contribution >= 4 is 11.9 Å². The Balaban J connectivity index is 4.60. The monoisotopic (exact) mass is 284 g/mol. The fourth-order valence-electron chi connectivity index (χ4n) is 1.77. The minimum Gasteiger partial charge on any atom is -0.465 e. The quantitative estimate of drug-likeness (QED) is 0.477. The largest absolute Gasteiger partial charge is 0.465 e. The molecule has 0 N–H and O–H groups in total. The van der Waals surface area contributed by atoms with Gasteiger partial charge in [0.1, 0.15) is 0 Å². The smallest absolute Gasteiger partial charge is 0.320 e. The molecule has 0 atom stereocenters. The lowest BCUT2D eigenvalue weighted by atomic mass is 10.2. The molecule has 0 bridgehead atoms. The van der Waals surface area contributed by atoms with Gasteiger partial charge in [-0.1, -0.05) is 12.2 Å². The van der Waals surface area contributed by atoms with Gasteiger partial charge in [-0.05, 0) is 34.6 Å². The van der Waals surface area contributed by atoms with Crippen LogP contribution in [0.25, 0.3) is 0 Å². The van der Waals surface area contributed by atoms with Crippen LogP contribution < -0.4 is 0 Å². The molecule has 5 heteroatoms. The minimum atomic E-state index is -0.294. The van der Waals surface area contributed by atoms with Crippen LogP contribution in [0, 0.1) is 0 Å². The molecular weight excluding hydrogens is 256 g/mol. The van der Waals surface area contributed by atoms with Crippen LogP contribution in [0.1, 0.15) is 34.6 Å². The standard InChI is InChI=1S/C15H28N2O3/c1-7-16(9-12(3)4)14(18)10-17(13(5)6)11-15(19)20-8-2/h13H,3,7-11H2,1-2,4-6H3. The number of likely N-dealkylation sites (N-methyl/N-ethyl adjacent to an activating group) is 1. The van der Waals surface area contributed by atoms with Gasteiger partial charge >= 0.3 is 5.97 Å². The third-order valence-corrected chi connectivity index (χ3v) is 2.90. The molecular formula is C15H28N2O3. The van der Waals surface area contributed by atoms with Crippen molar-refractivity contribution in [2.75, 3.05) is 32.8 Å². The minimum absolute atomic E-state index is 0.00787. The van der Waals surface area contributed by atoms with Crippen molar-refractivity contribution in [3.05, 3.63) is 12.2 Å². The number of hydrogen-bond acceptors (Lipinski definition) is 4. The Morgan fingerprint density at radius 3 is 2.15 bits per heavy atom. The van der Waals surface area contributed by atoms with E-state index in [4.69, 9.17) is 4.74 Å². The molecule has 1 amide bonds. The lowest BCUT2D eigenvalue weighted by Gasteiger charge is -2.28. The van der Waals surface area contributed by atoms with Crippen molar-refractivity contribution in [1.29, 1.82) is 0 Å². The van der Waals surface area contributed by atoms with E-state index >= 15 is 0 Å². The zero-order valence-electron chi connectivity index (χ0n) is 13.4. The molecule has 0 aromatic heterocycles. The van der Waals surface area contributed by atoms with Crippen molar-refractivity contribution in [3.8, 4) is 0 Å². The third-order valence-electron chi connectivity index (χ3n) is 2.90. The Hall–Kier alpha value is -1.36. The van der Waals surface area contributed by atoms with Crippen LogP contribution in [-0.4, -0.2) is 60.5 Å². The van der Waals surface area contributed by atoms with Crippen molar-refractivity contribution in [3.63, 3.8) is 0 Å². The summed E-state index contributed by atoms with van der Waals surface area (Å²) in [5.41, 5.74) is 0.946. The molecule has 0 fully saturated rings. The van der Waals surface area contributed by atoms with E-state index in [1.165, 1.54) is 0 Å². The predicted octanol–water partition coefficient (Wildman–Crippen LogP) is 1.68. The van der Waals surface area contributed by atoms with Crippen LogP contribution in [-0.2, 0) is 14.3 Å². The average molecular weight is 284 g/mol. The van der Waals surface area contributed by atoms with E-state index in [0.717, 1.165) is 5.57 Å². The summed E-state index contributed by atoms with van der Waals surface area (Å²) in [5, 5.41) is 0. The second-order valence-corrected chi connectivity index (χ2v) is 5.17. The zero-order valence-corrected chi connectivity index (χ0v) is 13.4. The van der Waals surface area contributed by atoms with Crippen molar-refractivity contribution in [2.24, 2.45) is 0 Å². The molecule has 0 aromatic rings. The fraction of sp³-hybridized carbons (Fsp3) is 0.733. The number of rotatable bonds is 9. The second-order valence-electron chi connectivity index (χ2n) is 5.17.